The van der Waals surface area contributed by atoms with E-state index < -0.39 is 17.8 Å². The van der Waals surface area contributed by atoms with Crippen LogP contribution in [0.15, 0.2) is 16.5 Å². The van der Waals surface area contributed by atoms with Crippen LogP contribution in [0.1, 0.15) is 24.4 Å². The SMILES string of the molecule is O=C(O)[C@H]1CCCN1Cc1ccc(CSC(F)F)o1. The van der Waals surface area contributed by atoms with Gasteiger partial charge < -0.3 is 9.52 Å². The van der Waals surface area contributed by atoms with E-state index in [-0.39, 0.29) is 5.75 Å². The van der Waals surface area contributed by atoms with Gasteiger partial charge in [-0.05, 0) is 31.5 Å². The number of hydrogen-bond acceptors (Lipinski definition) is 4. The van der Waals surface area contributed by atoms with Crippen molar-refractivity contribution < 1.29 is 23.1 Å². The monoisotopic (exact) mass is 291 g/mol. The normalized spacial score (nSPS) is 20.3. The fraction of sp³-hybridized carbons (Fsp3) is 0.583. The van der Waals surface area contributed by atoms with E-state index in [0.717, 1.165) is 13.0 Å². The Hall–Kier alpha value is -1.08. The van der Waals surface area contributed by atoms with Crippen LogP contribution in [-0.2, 0) is 17.1 Å². The predicted octanol–water partition coefficient (Wildman–Crippen LogP) is 2.78. The summed E-state index contributed by atoms with van der Waals surface area (Å²) in [4.78, 5) is 12.9. The zero-order valence-corrected chi connectivity index (χ0v) is 11.0. The van der Waals surface area contributed by atoms with Crippen LogP contribution in [0.25, 0.3) is 0 Å². The first-order valence-corrected chi connectivity index (χ1v) is 7.05. The van der Waals surface area contributed by atoms with E-state index in [2.05, 4.69) is 0 Å². The van der Waals surface area contributed by atoms with E-state index in [1.165, 1.54) is 0 Å². The average Bonchev–Trinajstić information content (AvgIpc) is 2.96. The summed E-state index contributed by atoms with van der Waals surface area (Å²) < 4.78 is 29.5. The number of nitrogens with zero attached hydrogens (tertiary/aromatic N) is 1. The third-order valence-electron chi connectivity index (χ3n) is 3.08. The van der Waals surface area contributed by atoms with Crippen molar-refractivity contribution in [2.45, 2.75) is 36.9 Å². The van der Waals surface area contributed by atoms with Crippen molar-refractivity contribution in [1.29, 1.82) is 0 Å². The highest BCUT2D eigenvalue weighted by Crippen LogP contribution is 2.24. The van der Waals surface area contributed by atoms with Crippen LogP contribution < -0.4 is 0 Å². The molecule has 2 heterocycles. The van der Waals surface area contributed by atoms with Gasteiger partial charge in [-0.25, -0.2) is 0 Å². The molecule has 0 unspecified atom stereocenters. The number of hydrogen-bond donors (Lipinski definition) is 1. The molecule has 106 valence electrons. The molecule has 1 saturated heterocycles. The third-order valence-corrected chi connectivity index (χ3v) is 3.78. The fourth-order valence-corrected chi connectivity index (χ4v) is 2.67. The largest absolute Gasteiger partial charge is 0.480 e. The maximum absolute atomic E-state index is 12.0. The first-order valence-electron chi connectivity index (χ1n) is 6.00. The molecule has 1 aliphatic rings. The van der Waals surface area contributed by atoms with Gasteiger partial charge in [0.05, 0.1) is 12.3 Å². The summed E-state index contributed by atoms with van der Waals surface area (Å²) >= 11 is 0.511. The third kappa shape index (κ3) is 3.94. The van der Waals surface area contributed by atoms with Crippen LogP contribution in [0.5, 0.6) is 0 Å². The molecule has 4 nitrogen and oxygen atoms in total. The van der Waals surface area contributed by atoms with Gasteiger partial charge in [-0.3, -0.25) is 9.69 Å². The van der Waals surface area contributed by atoms with Gasteiger partial charge in [0.25, 0.3) is 5.76 Å². The second-order valence-electron chi connectivity index (χ2n) is 4.41. The summed E-state index contributed by atoms with van der Waals surface area (Å²) in [6.07, 6.45) is 1.50. The van der Waals surface area contributed by atoms with Crippen molar-refractivity contribution in [3.05, 3.63) is 23.7 Å². The Kier molecular flexibility index (Phi) is 4.81. The van der Waals surface area contributed by atoms with Gasteiger partial charge in [0.2, 0.25) is 0 Å². The Morgan fingerprint density at radius 1 is 1.53 bits per heavy atom. The van der Waals surface area contributed by atoms with E-state index in [1.54, 1.807) is 12.1 Å². The zero-order chi connectivity index (χ0) is 13.8. The van der Waals surface area contributed by atoms with Gasteiger partial charge in [0, 0.05) is 0 Å². The minimum atomic E-state index is -2.41. The van der Waals surface area contributed by atoms with Gasteiger partial charge in [-0.1, -0.05) is 11.8 Å². The summed E-state index contributed by atoms with van der Waals surface area (Å²) in [6.45, 7) is 1.13. The summed E-state index contributed by atoms with van der Waals surface area (Å²) in [6, 6.07) is 2.92. The number of thioether (sulfide) groups is 1. The molecular weight excluding hydrogens is 276 g/mol. The molecule has 1 N–H and O–H groups in total. The summed E-state index contributed by atoms with van der Waals surface area (Å²) in [7, 11) is 0. The molecular formula is C12H15F2NO3S. The number of alkyl halides is 2. The molecule has 1 aromatic rings. The Labute approximate surface area is 113 Å². The lowest BCUT2D eigenvalue weighted by Gasteiger charge is -2.19. The fourth-order valence-electron chi connectivity index (χ4n) is 2.23. The van der Waals surface area contributed by atoms with Gasteiger partial charge in [0.1, 0.15) is 17.6 Å². The summed E-state index contributed by atoms with van der Waals surface area (Å²) in [5, 5.41) is 9.05. The zero-order valence-electron chi connectivity index (χ0n) is 10.2. The van der Waals surface area contributed by atoms with E-state index in [4.69, 9.17) is 9.52 Å². The van der Waals surface area contributed by atoms with Crippen molar-refractivity contribution in [1.82, 2.24) is 4.90 Å². The van der Waals surface area contributed by atoms with Crippen molar-refractivity contribution >= 4 is 17.7 Å². The lowest BCUT2D eigenvalue weighted by atomic mass is 10.2. The highest BCUT2D eigenvalue weighted by atomic mass is 32.2. The maximum atomic E-state index is 12.0. The molecule has 0 saturated carbocycles. The molecule has 1 fully saturated rings. The van der Waals surface area contributed by atoms with E-state index in [0.29, 0.717) is 36.2 Å². The number of furan rings is 1. The van der Waals surface area contributed by atoms with Gasteiger partial charge in [-0.15, -0.1) is 0 Å². The number of likely N-dealkylation sites (tertiary alicyclic amines) is 1. The molecule has 2 rings (SSSR count). The van der Waals surface area contributed by atoms with Crippen molar-refractivity contribution in [3.8, 4) is 0 Å². The quantitative estimate of drug-likeness (QED) is 0.873. The van der Waals surface area contributed by atoms with E-state index in [1.807, 2.05) is 4.90 Å². The molecule has 1 aromatic heterocycles. The smallest absolute Gasteiger partial charge is 0.320 e. The van der Waals surface area contributed by atoms with Crippen LogP contribution in [0.2, 0.25) is 0 Å². The molecule has 1 aliphatic heterocycles. The number of carboxylic acid groups (broad SMARTS) is 1. The van der Waals surface area contributed by atoms with Crippen LogP contribution >= 0.6 is 11.8 Å². The number of carbonyl (C=O) groups is 1. The lowest BCUT2D eigenvalue weighted by molar-refractivity contribution is -0.142. The first kappa shape index (κ1) is 14.3. The first-order chi connectivity index (χ1) is 9.06. The Balaban J connectivity index is 1.90. The van der Waals surface area contributed by atoms with Crippen molar-refractivity contribution in [2.75, 3.05) is 6.54 Å². The minimum Gasteiger partial charge on any atom is -0.480 e. The molecule has 0 aliphatic carbocycles. The summed E-state index contributed by atoms with van der Waals surface area (Å²) in [5.74, 6) is -1.99. The minimum absolute atomic E-state index is 0.125. The Morgan fingerprint density at radius 2 is 2.26 bits per heavy atom. The number of rotatable bonds is 6. The lowest BCUT2D eigenvalue weighted by Crippen LogP contribution is -2.35. The highest BCUT2D eigenvalue weighted by Gasteiger charge is 2.30. The van der Waals surface area contributed by atoms with Crippen LogP contribution in [0, 0.1) is 0 Å². The molecule has 0 amide bonds. The molecule has 0 spiro atoms. The van der Waals surface area contributed by atoms with Crippen LogP contribution in [0.4, 0.5) is 8.78 Å². The van der Waals surface area contributed by atoms with Gasteiger partial charge in [-0.2, -0.15) is 8.78 Å². The second kappa shape index (κ2) is 6.38. The molecule has 19 heavy (non-hydrogen) atoms. The standard InChI is InChI=1S/C12H15F2NO3S/c13-12(14)19-7-9-4-3-8(18-9)6-15-5-1-2-10(15)11(16)17/h3-4,10,12H,1-2,5-7H2,(H,16,17)/t10-/m1/s1. The molecule has 7 heteroatoms. The topological polar surface area (TPSA) is 53.7 Å². The van der Waals surface area contributed by atoms with Crippen LogP contribution in [-0.4, -0.2) is 34.3 Å². The van der Waals surface area contributed by atoms with E-state index >= 15 is 0 Å². The Bertz CT molecular complexity index is 438. The van der Waals surface area contributed by atoms with Crippen molar-refractivity contribution in [2.24, 2.45) is 0 Å². The maximum Gasteiger partial charge on any atom is 0.320 e. The summed E-state index contributed by atoms with van der Waals surface area (Å²) in [5.41, 5.74) is 0. The highest BCUT2D eigenvalue weighted by molar-refractivity contribution is 7.98. The number of carboxylic acids is 1. The molecule has 1 atom stereocenters. The van der Waals surface area contributed by atoms with Gasteiger partial charge in [0.15, 0.2) is 0 Å². The predicted molar refractivity (Wildman–Crippen MR) is 67.1 cm³/mol. The second-order valence-corrected chi connectivity index (χ2v) is 5.38. The Morgan fingerprint density at radius 3 is 2.95 bits per heavy atom. The number of halogens is 2. The van der Waals surface area contributed by atoms with E-state index in [9.17, 15) is 13.6 Å². The molecule has 0 aromatic carbocycles. The van der Waals surface area contributed by atoms with Crippen molar-refractivity contribution in [3.63, 3.8) is 0 Å². The molecule has 0 bridgehead atoms. The van der Waals surface area contributed by atoms with Gasteiger partial charge >= 0.3 is 5.97 Å². The molecule has 0 radical (unpaired) electrons. The average molecular weight is 291 g/mol. The van der Waals surface area contributed by atoms with Crippen LogP contribution in [0.3, 0.4) is 0 Å². The number of aliphatic carboxylic acids is 1.